The first-order chi connectivity index (χ1) is 15.9. The van der Waals surface area contributed by atoms with Crippen LogP contribution in [0.25, 0.3) is 0 Å². The van der Waals surface area contributed by atoms with Crippen molar-refractivity contribution in [3.8, 4) is 0 Å². The molecule has 1 fully saturated rings. The molecule has 172 valence electrons. The molecule has 4 nitrogen and oxygen atoms in total. The van der Waals surface area contributed by atoms with Crippen LogP contribution in [-0.2, 0) is 4.79 Å². The summed E-state index contributed by atoms with van der Waals surface area (Å²) in [4.78, 5) is 19.7. The Kier molecular flexibility index (Phi) is 7.41. The molecule has 3 aromatic carbocycles. The third-order valence-corrected chi connectivity index (χ3v) is 7.54. The van der Waals surface area contributed by atoms with Crippen LogP contribution in [0.1, 0.15) is 22.3 Å². The molecule has 1 N–H and O–H groups in total. The van der Waals surface area contributed by atoms with Gasteiger partial charge in [-0.3, -0.25) is 9.69 Å². The van der Waals surface area contributed by atoms with Gasteiger partial charge in [-0.1, -0.05) is 41.6 Å². The van der Waals surface area contributed by atoms with Crippen molar-refractivity contribution in [2.24, 2.45) is 0 Å². The number of rotatable bonds is 6. The number of piperazine rings is 1. The standard InChI is InChI=1S/C28H33N3OS/c1-20-8-13-27(22(3)18-20)33-25-11-9-24(10-12-25)29-28(32)19-30-14-16-31(17-15-30)26-7-5-6-21(2)23(26)4/h5-13,18H,14-17,19H2,1-4H3,(H,29,32). The predicted molar refractivity (Wildman–Crippen MR) is 140 cm³/mol. The summed E-state index contributed by atoms with van der Waals surface area (Å²) in [7, 11) is 0. The number of anilines is 2. The zero-order valence-corrected chi connectivity index (χ0v) is 20.8. The van der Waals surface area contributed by atoms with Gasteiger partial charge in [-0.05, 0) is 80.8 Å². The second-order valence-corrected chi connectivity index (χ2v) is 10.0. The Hall–Kier alpha value is -2.76. The normalized spacial score (nSPS) is 14.4. The van der Waals surface area contributed by atoms with E-state index in [2.05, 4.69) is 91.3 Å². The van der Waals surface area contributed by atoms with E-state index in [4.69, 9.17) is 0 Å². The molecule has 1 aliphatic heterocycles. The third-order valence-electron chi connectivity index (χ3n) is 6.35. The monoisotopic (exact) mass is 459 g/mol. The Morgan fingerprint density at radius 2 is 1.61 bits per heavy atom. The van der Waals surface area contributed by atoms with Crippen molar-refractivity contribution in [3.63, 3.8) is 0 Å². The molecule has 0 aliphatic carbocycles. The van der Waals surface area contributed by atoms with E-state index in [1.165, 1.54) is 37.7 Å². The van der Waals surface area contributed by atoms with Crippen LogP contribution in [0.15, 0.2) is 70.5 Å². The minimum Gasteiger partial charge on any atom is -0.369 e. The van der Waals surface area contributed by atoms with Crippen molar-refractivity contribution >= 4 is 29.0 Å². The van der Waals surface area contributed by atoms with E-state index in [0.717, 1.165) is 31.9 Å². The summed E-state index contributed by atoms with van der Waals surface area (Å²) < 4.78 is 0. The fourth-order valence-corrected chi connectivity index (χ4v) is 5.16. The van der Waals surface area contributed by atoms with Gasteiger partial charge in [-0.15, -0.1) is 0 Å². The number of amides is 1. The first-order valence-corrected chi connectivity index (χ1v) is 12.4. The minimum atomic E-state index is 0.0463. The van der Waals surface area contributed by atoms with E-state index in [1.807, 2.05) is 12.1 Å². The maximum absolute atomic E-state index is 12.6. The number of carbonyl (C=O) groups excluding carboxylic acids is 1. The smallest absolute Gasteiger partial charge is 0.238 e. The number of carbonyl (C=O) groups is 1. The van der Waals surface area contributed by atoms with E-state index >= 15 is 0 Å². The highest BCUT2D eigenvalue weighted by molar-refractivity contribution is 7.99. The molecule has 5 heteroatoms. The second kappa shape index (κ2) is 10.4. The van der Waals surface area contributed by atoms with Gasteiger partial charge in [0, 0.05) is 47.3 Å². The Balaban J connectivity index is 1.26. The average molecular weight is 460 g/mol. The molecule has 0 radical (unpaired) electrons. The van der Waals surface area contributed by atoms with Crippen LogP contribution in [0, 0.1) is 27.7 Å². The lowest BCUT2D eigenvalue weighted by atomic mass is 10.1. The fourth-order valence-electron chi connectivity index (χ4n) is 4.28. The molecule has 0 bridgehead atoms. The van der Waals surface area contributed by atoms with Crippen LogP contribution < -0.4 is 10.2 Å². The molecule has 0 spiro atoms. The molecule has 3 aromatic rings. The van der Waals surface area contributed by atoms with Gasteiger partial charge in [0.2, 0.25) is 5.91 Å². The highest BCUT2D eigenvalue weighted by atomic mass is 32.2. The molecule has 1 heterocycles. The molecule has 1 saturated heterocycles. The summed E-state index contributed by atoms with van der Waals surface area (Å²) in [5.41, 5.74) is 7.41. The van der Waals surface area contributed by atoms with E-state index in [9.17, 15) is 4.79 Å². The highest BCUT2D eigenvalue weighted by Gasteiger charge is 2.20. The average Bonchev–Trinajstić information content (AvgIpc) is 2.79. The minimum absolute atomic E-state index is 0.0463. The van der Waals surface area contributed by atoms with Crippen molar-refractivity contribution in [1.29, 1.82) is 0 Å². The number of nitrogens with one attached hydrogen (secondary N) is 1. The summed E-state index contributed by atoms with van der Waals surface area (Å²) in [5.74, 6) is 0.0463. The molecule has 4 rings (SSSR count). The number of aryl methyl sites for hydroxylation is 3. The number of hydrogen-bond acceptors (Lipinski definition) is 4. The summed E-state index contributed by atoms with van der Waals surface area (Å²) in [6.45, 7) is 12.7. The maximum atomic E-state index is 12.6. The number of hydrogen-bond donors (Lipinski definition) is 1. The van der Waals surface area contributed by atoms with E-state index < -0.39 is 0 Å². The zero-order valence-electron chi connectivity index (χ0n) is 20.0. The Labute approximate surface area is 202 Å². The third kappa shape index (κ3) is 5.98. The Morgan fingerprint density at radius 3 is 2.30 bits per heavy atom. The van der Waals surface area contributed by atoms with Crippen LogP contribution in [0.5, 0.6) is 0 Å². The highest BCUT2D eigenvalue weighted by Crippen LogP contribution is 2.31. The lowest BCUT2D eigenvalue weighted by Gasteiger charge is -2.36. The van der Waals surface area contributed by atoms with Gasteiger partial charge < -0.3 is 10.2 Å². The van der Waals surface area contributed by atoms with Gasteiger partial charge in [0.15, 0.2) is 0 Å². The van der Waals surface area contributed by atoms with Gasteiger partial charge >= 0.3 is 0 Å². The second-order valence-electron chi connectivity index (χ2n) is 8.93. The maximum Gasteiger partial charge on any atom is 0.238 e. The Bertz CT molecular complexity index is 1120. The lowest BCUT2D eigenvalue weighted by Crippen LogP contribution is -2.48. The van der Waals surface area contributed by atoms with E-state index in [1.54, 1.807) is 11.8 Å². The van der Waals surface area contributed by atoms with Gasteiger partial charge in [0.25, 0.3) is 0 Å². The molecule has 0 saturated carbocycles. The largest absolute Gasteiger partial charge is 0.369 e. The predicted octanol–water partition coefficient (Wildman–Crippen LogP) is 5.83. The molecule has 33 heavy (non-hydrogen) atoms. The first-order valence-electron chi connectivity index (χ1n) is 11.6. The number of nitrogens with zero attached hydrogens (tertiary/aromatic N) is 2. The van der Waals surface area contributed by atoms with Crippen molar-refractivity contribution in [3.05, 3.63) is 82.9 Å². The quantitative estimate of drug-likeness (QED) is 0.503. The van der Waals surface area contributed by atoms with Crippen LogP contribution in [0.4, 0.5) is 11.4 Å². The van der Waals surface area contributed by atoms with Crippen LogP contribution in [-0.4, -0.2) is 43.5 Å². The van der Waals surface area contributed by atoms with Gasteiger partial charge in [0.1, 0.15) is 0 Å². The van der Waals surface area contributed by atoms with Crippen LogP contribution in [0.2, 0.25) is 0 Å². The van der Waals surface area contributed by atoms with Gasteiger partial charge in [0.05, 0.1) is 6.54 Å². The first kappa shape index (κ1) is 23.4. The summed E-state index contributed by atoms with van der Waals surface area (Å²) in [6.07, 6.45) is 0. The molecule has 1 amide bonds. The summed E-state index contributed by atoms with van der Waals surface area (Å²) in [5, 5.41) is 3.06. The van der Waals surface area contributed by atoms with Gasteiger partial charge in [-0.25, -0.2) is 0 Å². The van der Waals surface area contributed by atoms with Crippen LogP contribution >= 0.6 is 11.8 Å². The van der Waals surface area contributed by atoms with Gasteiger partial charge in [-0.2, -0.15) is 0 Å². The fraction of sp³-hybridized carbons (Fsp3) is 0.321. The molecular weight excluding hydrogens is 426 g/mol. The summed E-state index contributed by atoms with van der Waals surface area (Å²) >= 11 is 1.75. The molecular formula is C28H33N3OS. The SMILES string of the molecule is Cc1ccc(Sc2ccc(NC(=O)CN3CCN(c4cccc(C)c4C)CC3)cc2)c(C)c1. The van der Waals surface area contributed by atoms with Crippen molar-refractivity contribution < 1.29 is 4.79 Å². The molecule has 1 aliphatic rings. The van der Waals surface area contributed by atoms with Crippen molar-refractivity contribution in [2.75, 3.05) is 42.9 Å². The van der Waals surface area contributed by atoms with Crippen molar-refractivity contribution in [2.45, 2.75) is 37.5 Å². The summed E-state index contributed by atoms with van der Waals surface area (Å²) in [6, 6.07) is 21.1. The topological polar surface area (TPSA) is 35.6 Å². The number of benzene rings is 3. The zero-order chi connectivity index (χ0) is 23.4. The molecule has 0 atom stereocenters. The van der Waals surface area contributed by atoms with Crippen LogP contribution in [0.3, 0.4) is 0 Å². The van der Waals surface area contributed by atoms with E-state index in [-0.39, 0.29) is 5.91 Å². The van der Waals surface area contributed by atoms with E-state index in [0.29, 0.717) is 6.54 Å². The lowest BCUT2D eigenvalue weighted by molar-refractivity contribution is -0.117. The molecule has 0 unspecified atom stereocenters. The molecule has 0 aromatic heterocycles. The Morgan fingerprint density at radius 1 is 0.879 bits per heavy atom. The van der Waals surface area contributed by atoms with Crippen molar-refractivity contribution in [1.82, 2.24) is 4.90 Å².